The van der Waals surface area contributed by atoms with Crippen molar-refractivity contribution in [2.24, 2.45) is 0 Å². The fourth-order valence-electron chi connectivity index (χ4n) is 1.19. The number of hydrogen-bond donors (Lipinski definition) is 2. The van der Waals surface area contributed by atoms with Crippen LogP contribution in [0.5, 0.6) is 0 Å². The van der Waals surface area contributed by atoms with E-state index < -0.39 is 0 Å². The zero-order valence-corrected chi connectivity index (χ0v) is 12.3. The lowest BCUT2D eigenvalue weighted by Gasteiger charge is -2.10. The van der Waals surface area contributed by atoms with Gasteiger partial charge in [0.15, 0.2) is 11.0 Å². The predicted molar refractivity (Wildman–Crippen MR) is 76.6 cm³/mol. The minimum absolute atomic E-state index is 0.230. The summed E-state index contributed by atoms with van der Waals surface area (Å²) in [7, 11) is 0. The highest BCUT2D eigenvalue weighted by atomic mass is 79.9. The Morgan fingerprint density at radius 2 is 2.00 bits per heavy atom. The van der Waals surface area contributed by atoms with Crippen LogP contribution in [0.25, 0.3) is 0 Å². The minimum atomic E-state index is 0.230. The predicted octanol–water partition coefficient (Wildman–Crippen LogP) is 3.98. The molecule has 2 aromatic rings. The number of nitrogen functional groups attached to an aromatic ring is 1. The van der Waals surface area contributed by atoms with Crippen LogP contribution in [0.4, 0.5) is 17.2 Å². The Labute approximate surface area is 120 Å². The van der Waals surface area contributed by atoms with Gasteiger partial charge in [0, 0.05) is 8.95 Å². The van der Waals surface area contributed by atoms with E-state index in [4.69, 9.17) is 17.3 Å². The first kappa shape index (κ1) is 12.6. The molecule has 0 fully saturated rings. The third-order valence-corrected chi connectivity index (χ3v) is 3.50. The lowest BCUT2D eigenvalue weighted by atomic mass is 10.3. The Hall–Kier alpha value is -0.850. The van der Waals surface area contributed by atoms with Gasteiger partial charge >= 0.3 is 0 Å². The van der Waals surface area contributed by atoms with Crippen molar-refractivity contribution in [3.63, 3.8) is 0 Å². The molecular weight excluding hydrogens is 371 g/mol. The number of nitrogens with one attached hydrogen (secondary N) is 1. The van der Waals surface area contributed by atoms with Crippen LogP contribution < -0.4 is 11.1 Å². The van der Waals surface area contributed by atoms with Gasteiger partial charge in [0.1, 0.15) is 12.0 Å². The van der Waals surface area contributed by atoms with Crippen LogP contribution in [0.2, 0.25) is 5.15 Å². The molecule has 3 N–H and O–H groups in total. The van der Waals surface area contributed by atoms with Crippen molar-refractivity contribution in [3.8, 4) is 0 Å². The van der Waals surface area contributed by atoms with Crippen LogP contribution in [0.1, 0.15) is 0 Å². The van der Waals surface area contributed by atoms with Gasteiger partial charge in [0.2, 0.25) is 0 Å². The van der Waals surface area contributed by atoms with E-state index in [1.807, 2.05) is 18.2 Å². The van der Waals surface area contributed by atoms with Gasteiger partial charge in [-0.25, -0.2) is 9.97 Å². The van der Waals surface area contributed by atoms with E-state index in [1.165, 1.54) is 6.33 Å². The molecule has 7 heteroatoms. The van der Waals surface area contributed by atoms with E-state index in [2.05, 4.69) is 47.1 Å². The van der Waals surface area contributed by atoms with E-state index in [0.29, 0.717) is 11.5 Å². The first-order valence-corrected chi connectivity index (χ1v) is 6.52. The molecule has 1 aromatic carbocycles. The van der Waals surface area contributed by atoms with Gasteiger partial charge in [-0.2, -0.15) is 0 Å². The molecule has 0 atom stereocenters. The molecule has 1 aromatic heterocycles. The van der Waals surface area contributed by atoms with Gasteiger partial charge in [-0.3, -0.25) is 0 Å². The van der Waals surface area contributed by atoms with E-state index in [1.54, 1.807) is 0 Å². The molecule has 0 aliphatic heterocycles. The van der Waals surface area contributed by atoms with Gasteiger partial charge in [0.05, 0.1) is 5.69 Å². The summed E-state index contributed by atoms with van der Waals surface area (Å²) in [4.78, 5) is 7.83. The van der Waals surface area contributed by atoms with E-state index in [9.17, 15) is 0 Å². The molecule has 0 radical (unpaired) electrons. The zero-order chi connectivity index (χ0) is 12.4. The summed E-state index contributed by atoms with van der Waals surface area (Å²) in [6.07, 6.45) is 1.35. The van der Waals surface area contributed by atoms with Crippen molar-refractivity contribution in [2.45, 2.75) is 0 Å². The van der Waals surface area contributed by atoms with Gasteiger partial charge in [-0.05, 0) is 34.1 Å². The normalized spacial score (nSPS) is 10.3. The van der Waals surface area contributed by atoms with E-state index >= 15 is 0 Å². The average molecular weight is 378 g/mol. The molecule has 17 heavy (non-hydrogen) atoms. The van der Waals surface area contributed by atoms with Crippen molar-refractivity contribution < 1.29 is 0 Å². The average Bonchev–Trinajstić information content (AvgIpc) is 2.30. The van der Waals surface area contributed by atoms with Crippen LogP contribution in [-0.4, -0.2) is 9.97 Å². The van der Waals surface area contributed by atoms with Crippen molar-refractivity contribution in [2.75, 3.05) is 11.1 Å². The Morgan fingerprint density at radius 1 is 1.24 bits per heavy atom. The number of hydrogen-bond acceptors (Lipinski definition) is 4. The molecule has 0 unspecified atom stereocenters. The van der Waals surface area contributed by atoms with Crippen LogP contribution in [0.15, 0.2) is 33.5 Å². The Morgan fingerprint density at radius 3 is 2.76 bits per heavy atom. The topological polar surface area (TPSA) is 63.8 Å². The third-order valence-electron chi connectivity index (χ3n) is 2.02. The number of benzene rings is 1. The van der Waals surface area contributed by atoms with Crippen LogP contribution in [0.3, 0.4) is 0 Å². The summed E-state index contributed by atoms with van der Waals surface area (Å²) in [6.45, 7) is 0. The first-order chi connectivity index (χ1) is 8.08. The molecule has 2 rings (SSSR count). The van der Waals surface area contributed by atoms with E-state index in [0.717, 1.165) is 14.6 Å². The number of anilines is 3. The molecular formula is C10H7Br2ClN4. The number of nitrogens with zero attached hydrogens (tertiary/aromatic N) is 2. The molecule has 1 heterocycles. The summed E-state index contributed by atoms with van der Waals surface area (Å²) >= 11 is 12.6. The lowest BCUT2D eigenvalue weighted by Crippen LogP contribution is -2.01. The lowest BCUT2D eigenvalue weighted by molar-refractivity contribution is 1.17. The van der Waals surface area contributed by atoms with Crippen LogP contribution in [0, 0.1) is 0 Å². The molecule has 0 aliphatic rings. The van der Waals surface area contributed by atoms with Crippen molar-refractivity contribution in [3.05, 3.63) is 38.6 Å². The highest BCUT2D eigenvalue weighted by molar-refractivity contribution is 9.11. The van der Waals surface area contributed by atoms with Crippen molar-refractivity contribution >= 4 is 60.7 Å². The van der Waals surface area contributed by atoms with Gasteiger partial charge in [-0.1, -0.05) is 27.5 Å². The maximum absolute atomic E-state index is 5.81. The Balaban J connectivity index is 2.38. The summed E-state index contributed by atoms with van der Waals surface area (Å²) in [6, 6.07) is 5.73. The Kier molecular flexibility index (Phi) is 3.86. The molecule has 88 valence electrons. The highest BCUT2D eigenvalue weighted by Gasteiger charge is 2.08. The maximum atomic E-state index is 5.81. The number of rotatable bonds is 2. The monoisotopic (exact) mass is 376 g/mol. The smallest absolute Gasteiger partial charge is 0.158 e. The summed E-state index contributed by atoms with van der Waals surface area (Å²) in [5, 5.41) is 3.31. The summed E-state index contributed by atoms with van der Waals surface area (Å²) < 4.78 is 1.84. The number of aromatic nitrogens is 2. The van der Waals surface area contributed by atoms with Crippen molar-refractivity contribution in [1.29, 1.82) is 0 Å². The molecule has 4 nitrogen and oxygen atoms in total. The first-order valence-electron chi connectivity index (χ1n) is 4.56. The molecule has 0 bridgehead atoms. The number of halogens is 3. The van der Waals surface area contributed by atoms with Crippen molar-refractivity contribution in [1.82, 2.24) is 9.97 Å². The molecule has 0 aliphatic carbocycles. The second-order valence-corrected chi connectivity index (χ2v) is 5.30. The molecule has 0 amide bonds. The standard InChI is InChI=1S/C10H7Br2ClN4/c11-5-1-2-6(12)7(3-5)17-10-8(14)9(13)15-4-16-10/h1-4H,14H2,(H,15,16,17). The fourth-order valence-corrected chi connectivity index (χ4v) is 2.03. The highest BCUT2D eigenvalue weighted by Crippen LogP contribution is 2.31. The Bertz CT molecular complexity index is 562. The molecule has 0 spiro atoms. The van der Waals surface area contributed by atoms with E-state index in [-0.39, 0.29) is 5.15 Å². The van der Waals surface area contributed by atoms with Gasteiger partial charge < -0.3 is 11.1 Å². The van der Waals surface area contributed by atoms with Gasteiger partial charge in [0.25, 0.3) is 0 Å². The third kappa shape index (κ3) is 2.88. The fraction of sp³-hybridized carbons (Fsp3) is 0. The SMILES string of the molecule is Nc1c(Cl)ncnc1Nc1cc(Br)ccc1Br. The zero-order valence-electron chi connectivity index (χ0n) is 8.42. The molecule has 0 saturated heterocycles. The maximum Gasteiger partial charge on any atom is 0.158 e. The summed E-state index contributed by atoms with van der Waals surface area (Å²) in [5.41, 5.74) is 6.93. The summed E-state index contributed by atoms with van der Waals surface area (Å²) in [5.74, 6) is 0.476. The molecule has 0 saturated carbocycles. The van der Waals surface area contributed by atoms with Crippen LogP contribution >= 0.6 is 43.5 Å². The van der Waals surface area contributed by atoms with Gasteiger partial charge in [-0.15, -0.1) is 0 Å². The second kappa shape index (κ2) is 5.20. The minimum Gasteiger partial charge on any atom is -0.393 e. The second-order valence-electron chi connectivity index (χ2n) is 3.18. The van der Waals surface area contributed by atoms with Crippen LogP contribution in [-0.2, 0) is 0 Å². The largest absolute Gasteiger partial charge is 0.393 e. The quantitative estimate of drug-likeness (QED) is 0.776. The number of nitrogens with two attached hydrogens (primary N) is 1.